The van der Waals surface area contributed by atoms with E-state index >= 15 is 0 Å². The van der Waals surface area contributed by atoms with Crippen LogP contribution in [0.2, 0.25) is 0 Å². The van der Waals surface area contributed by atoms with Gasteiger partial charge >= 0.3 is 5.97 Å². The Labute approximate surface area is 101 Å². The molecule has 1 aromatic heterocycles. The zero-order valence-electron chi connectivity index (χ0n) is 9.93. The molecule has 2 aliphatic rings. The van der Waals surface area contributed by atoms with Crippen molar-refractivity contribution in [3.05, 3.63) is 24.2 Å². The second-order valence-electron chi connectivity index (χ2n) is 5.28. The summed E-state index contributed by atoms with van der Waals surface area (Å²) in [6, 6.07) is 3.74. The van der Waals surface area contributed by atoms with Gasteiger partial charge in [0.15, 0.2) is 0 Å². The van der Waals surface area contributed by atoms with Gasteiger partial charge in [-0.1, -0.05) is 0 Å². The van der Waals surface area contributed by atoms with Crippen LogP contribution in [-0.4, -0.2) is 12.1 Å². The van der Waals surface area contributed by atoms with E-state index in [-0.39, 0.29) is 12.1 Å². The summed E-state index contributed by atoms with van der Waals surface area (Å²) in [4.78, 5) is 11.7. The first-order chi connectivity index (χ1) is 8.31. The van der Waals surface area contributed by atoms with Gasteiger partial charge in [-0.15, -0.1) is 0 Å². The van der Waals surface area contributed by atoms with E-state index in [1.54, 1.807) is 6.26 Å². The Morgan fingerprint density at radius 3 is 3.00 bits per heavy atom. The monoisotopic (exact) mass is 234 g/mol. The summed E-state index contributed by atoms with van der Waals surface area (Å²) in [5.41, 5.74) is 0. The molecule has 0 spiro atoms. The number of hydrogen-bond donors (Lipinski definition) is 0. The molecule has 1 heterocycles. The molecule has 3 atom stereocenters. The van der Waals surface area contributed by atoms with Crippen LogP contribution in [0.3, 0.4) is 0 Å². The second-order valence-corrected chi connectivity index (χ2v) is 5.28. The predicted octanol–water partition coefficient (Wildman–Crippen LogP) is 2.94. The van der Waals surface area contributed by atoms with Crippen LogP contribution >= 0.6 is 0 Å². The number of aryl methyl sites for hydroxylation is 1. The minimum atomic E-state index is -0.0704. The van der Waals surface area contributed by atoms with Crippen molar-refractivity contribution in [1.82, 2.24) is 0 Å². The summed E-state index contributed by atoms with van der Waals surface area (Å²) >= 11 is 0. The minimum absolute atomic E-state index is 0.0704. The molecule has 17 heavy (non-hydrogen) atoms. The highest BCUT2D eigenvalue weighted by Crippen LogP contribution is 2.45. The molecule has 2 fully saturated rings. The lowest BCUT2D eigenvalue weighted by Gasteiger charge is -2.21. The van der Waals surface area contributed by atoms with Gasteiger partial charge in [0.25, 0.3) is 0 Å². The van der Waals surface area contributed by atoms with Crippen LogP contribution in [0.5, 0.6) is 0 Å². The maximum atomic E-state index is 11.7. The average molecular weight is 234 g/mol. The van der Waals surface area contributed by atoms with Gasteiger partial charge in [-0.2, -0.15) is 0 Å². The molecule has 3 rings (SSSR count). The lowest BCUT2D eigenvalue weighted by molar-refractivity contribution is -0.151. The Balaban J connectivity index is 1.44. The Kier molecular flexibility index (Phi) is 2.91. The fraction of sp³-hybridized carbons (Fsp3) is 0.643. The van der Waals surface area contributed by atoms with Crippen LogP contribution in [-0.2, 0) is 16.0 Å². The smallest absolute Gasteiger partial charge is 0.306 e. The highest BCUT2D eigenvalue weighted by Gasteiger charge is 2.41. The SMILES string of the molecule is O=C(CCc1ccco1)OC1CC2CCC1C2. The van der Waals surface area contributed by atoms with E-state index in [1.807, 2.05) is 12.1 Å². The molecule has 2 saturated carbocycles. The largest absolute Gasteiger partial charge is 0.469 e. The predicted molar refractivity (Wildman–Crippen MR) is 62.4 cm³/mol. The van der Waals surface area contributed by atoms with Crippen molar-refractivity contribution in [2.24, 2.45) is 11.8 Å². The van der Waals surface area contributed by atoms with E-state index in [2.05, 4.69) is 0 Å². The molecule has 92 valence electrons. The molecule has 1 aromatic rings. The second kappa shape index (κ2) is 4.55. The maximum Gasteiger partial charge on any atom is 0.306 e. The van der Waals surface area contributed by atoms with Crippen LogP contribution in [0.1, 0.15) is 37.9 Å². The maximum absolute atomic E-state index is 11.7. The van der Waals surface area contributed by atoms with Crippen molar-refractivity contribution in [2.75, 3.05) is 0 Å². The molecule has 0 amide bonds. The molecular weight excluding hydrogens is 216 g/mol. The van der Waals surface area contributed by atoms with Gasteiger partial charge in [0.2, 0.25) is 0 Å². The Morgan fingerprint density at radius 1 is 1.41 bits per heavy atom. The van der Waals surface area contributed by atoms with Crippen molar-refractivity contribution in [2.45, 2.75) is 44.6 Å². The van der Waals surface area contributed by atoms with E-state index in [1.165, 1.54) is 19.3 Å². The summed E-state index contributed by atoms with van der Waals surface area (Å²) < 4.78 is 10.8. The van der Waals surface area contributed by atoms with Crippen LogP contribution in [0, 0.1) is 11.8 Å². The van der Waals surface area contributed by atoms with Crippen LogP contribution < -0.4 is 0 Å². The van der Waals surface area contributed by atoms with Crippen molar-refractivity contribution in [1.29, 1.82) is 0 Å². The Hall–Kier alpha value is -1.25. The highest BCUT2D eigenvalue weighted by atomic mass is 16.5. The van der Waals surface area contributed by atoms with Gasteiger partial charge in [0.05, 0.1) is 12.7 Å². The summed E-state index contributed by atoms with van der Waals surface area (Å²) in [7, 11) is 0. The Bertz CT molecular complexity index is 382. The molecule has 2 bridgehead atoms. The molecule has 3 unspecified atom stereocenters. The number of ether oxygens (including phenoxy) is 1. The average Bonchev–Trinajstić information content (AvgIpc) is 3.03. The molecule has 3 nitrogen and oxygen atoms in total. The first-order valence-electron chi connectivity index (χ1n) is 6.53. The number of hydrogen-bond acceptors (Lipinski definition) is 3. The number of fused-ring (bicyclic) bond motifs is 2. The van der Waals surface area contributed by atoms with E-state index in [9.17, 15) is 4.79 Å². The van der Waals surface area contributed by atoms with E-state index in [0.29, 0.717) is 18.8 Å². The van der Waals surface area contributed by atoms with Gasteiger partial charge < -0.3 is 9.15 Å². The van der Waals surface area contributed by atoms with Crippen molar-refractivity contribution in [3.8, 4) is 0 Å². The summed E-state index contributed by atoms with van der Waals surface area (Å²) in [6.45, 7) is 0. The third-order valence-electron chi connectivity index (χ3n) is 4.11. The summed E-state index contributed by atoms with van der Waals surface area (Å²) in [5, 5.41) is 0. The third-order valence-corrected chi connectivity index (χ3v) is 4.11. The van der Waals surface area contributed by atoms with Gasteiger partial charge in [-0.25, -0.2) is 0 Å². The van der Waals surface area contributed by atoms with E-state index < -0.39 is 0 Å². The van der Waals surface area contributed by atoms with Crippen molar-refractivity contribution in [3.63, 3.8) is 0 Å². The lowest BCUT2D eigenvalue weighted by Crippen LogP contribution is -2.24. The lowest BCUT2D eigenvalue weighted by atomic mass is 9.98. The van der Waals surface area contributed by atoms with Crippen LogP contribution in [0.15, 0.2) is 22.8 Å². The molecule has 3 heteroatoms. The third kappa shape index (κ3) is 2.38. The topological polar surface area (TPSA) is 39.4 Å². The summed E-state index contributed by atoms with van der Waals surface area (Å²) in [5.74, 6) is 2.25. The van der Waals surface area contributed by atoms with Crippen LogP contribution in [0.25, 0.3) is 0 Å². The number of rotatable bonds is 4. The molecule has 2 aliphatic carbocycles. The minimum Gasteiger partial charge on any atom is -0.469 e. The number of carbonyl (C=O) groups excluding carboxylic acids is 1. The zero-order chi connectivity index (χ0) is 11.7. The standard InChI is InChI=1S/C14H18O3/c15-14(6-5-12-2-1-7-16-12)17-13-9-10-3-4-11(13)8-10/h1-2,7,10-11,13H,3-6,8-9H2. The molecule has 0 aromatic carbocycles. The zero-order valence-corrected chi connectivity index (χ0v) is 9.93. The van der Waals surface area contributed by atoms with Crippen LogP contribution in [0.4, 0.5) is 0 Å². The first-order valence-corrected chi connectivity index (χ1v) is 6.53. The molecule has 0 N–H and O–H groups in total. The van der Waals surface area contributed by atoms with E-state index in [0.717, 1.165) is 18.1 Å². The fourth-order valence-corrected chi connectivity index (χ4v) is 3.24. The molecular formula is C14H18O3. The Morgan fingerprint density at radius 2 is 2.35 bits per heavy atom. The first kappa shape index (κ1) is 10.9. The van der Waals surface area contributed by atoms with E-state index in [4.69, 9.17) is 9.15 Å². The van der Waals surface area contributed by atoms with Gasteiger partial charge in [0.1, 0.15) is 11.9 Å². The number of carbonyl (C=O) groups is 1. The van der Waals surface area contributed by atoms with Crippen molar-refractivity contribution >= 4 is 5.97 Å². The van der Waals surface area contributed by atoms with Gasteiger partial charge in [0, 0.05) is 6.42 Å². The highest BCUT2D eigenvalue weighted by molar-refractivity contribution is 5.69. The fourth-order valence-electron chi connectivity index (χ4n) is 3.24. The quantitative estimate of drug-likeness (QED) is 0.752. The molecule has 0 aliphatic heterocycles. The molecule has 0 saturated heterocycles. The van der Waals surface area contributed by atoms with Gasteiger partial charge in [-0.3, -0.25) is 4.79 Å². The normalized spacial score (nSPS) is 30.7. The molecule has 0 radical (unpaired) electrons. The van der Waals surface area contributed by atoms with Crippen molar-refractivity contribution < 1.29 is 13.9 Å². The number of esters is 1. The number of furan rings is 1. The van der Waals surface area contributed by atoms with Gasteiger partial charge in [-0.05, 0) is 49.7 Å². The summed E-state index contributed by atoms with van der Waals surface area (Å²) in [6.07, 6.45) is 7.88.